The van der Waals surface area contributed by atoms with Crippen LogP contribution in [0, 0.1) is 0 Å². The number of carbonyl (C=O) groups is 1. The Labute approximate surface area is 103 Å². The van der Waals surface area contributed by atoms with E-state index >= 15 is 0 Å². The molecule has 0 aromatic heterocycles. The number of benzene rings is 1. The van der Waals surface area contributed by atoms with Gasteiger partial charge >= 0.3 is 12.6 Å². The second kappa shape index (κ2) is 6.78. The molecule has 0 spiro atoms. The molecule has 0 fully saturated rings. The van der Waals surface area contributed by atoms with Gasteiger partial charge in [0.1, 0.15) is 0 Å². The van der Waals surface area contributed by atoms with Crippen LogP contribution in [0.1, 0.15) is 18.9 Å². The molecule has 0 heterocycles. The summed E-state index contributed by atoms with van der Waals surface area (Å²) in [7, 11) is 0. The van der Waals surface area contributed by atoms with Gasteiger partial charge in [-0.1, -0.05) is 6.07 Å². The van der Waals surface area contributed by atoms with Crippen molar-refractivity contribution in [3.8, 4) is 11.5 Å². The summed E-state index contributed by atoms with van der Waals surface area (Å²) in [5.74, 6) is -0.771. The van der Waals surface area contributed by atoms with E-state index in [0.717, 1.165) is 0 Å². The SMILES string of the molecule is CCOc1cc(CCC(=O)O)ccc1OC(F)F. The summed E-state index contributed by atoms with van der Waals surface area (Å²) in [5, 5.41) is 8.57. The molecule has 6 heteroatoms. The molecule has 1 rings (SSSR count). The van der Waals surface area contributed by atoms with E-state index < -0.39 is 12.6 Å². The number of rotatable bonds is 7. The molecule has 0 unspecified atom stereocenters. The fraction of sp³-hybridized carbons (Fsp3) is 0.417. The average molecular weight is 260 g/mol. The molecule has 0 amide bonds. The van der Waals surface area contributed by atoms with Gasteiger partial charge in [0.15, 0.2) is 11.5 Å². The zero-order chi connectivity index (χ0) is 13.5. The number of carboxylic acid groups (broad SMARTS) is 1. The lowest BCUT2D eigenvalue weighted by atomic mass is 10.1. The highest BCUT2D eigenvalue weighted by Gasteiger charge is 2.11. The number of aryl methyl sites for hydroxylation is 1. The predicted molar refractivity (Wildman–Crippen MR) is 60.2 cm³/mol. The first kappa shape index (κ1) is 14.2. The number of alkyl halides is 2. The smallest absolute Gasteiger partial charge is 0.387 e. The fourth-order valence-corrected chi connectivity index (χ4v) is 1.42. The van der Waals surface area contributed by atoms with Crippen LogP contribution in [0.5, 0.6) is 11.5 Å². The Morgan fingerprint density at radius 1 is 1.39 bits per heavy atom. The van der Waals surface area contributed by atoms with Crippen molar-refractivity contribution in [2.24, 2.45) is 0 Å². The molecule has 0 atom stereocenters. The topological polar surface area (TPSA) is 55.8 Å². The molecule has 18 heavy (non-hydrogen) atoms. The fourth-order valence-electron chi connectivity index (χ4n) is 1.42. The summed E-state index contributed by atoms with van der Waals surface area (Å²) < 4.78 is 33.8. The van der Waals surface area contributed by atoms with Gasteiger partial charge in [-0.2, -0.15) is 8.78 Å². The van der Waals surface area contributed by atoms with Crippen molar-refractivity contribution in [1.29, 1.82) is 0 Å². The van der Waals surface area contributed by atoms with Crippen LogP contribution in [-0.4, -0.2) is 24.3 Å². The standard InChI is InChI=1S/C12H14F2O4/c1-2-17-10-7-8(4-6-11(15)16)3-5-9(10)18-12(13)14/h3,5,7,12H,2,4,6H2,1H3,(H,15,16). The highest BCUT2D eigenvalue weighted by molar-refractivity contribution is 5.67. The first-order valence-corrected chi connectivity index (χ1v) is 5.45. The molecule has 0 radical (unpaired) electrons. The Morgan fingerprint density at radius 2 is 2.11 bits per heavy atom. The zero-order valence-electron chi connectivity index (χ0n) is 9.86. The van der Waals surface area contributed by atoms with Gasteiger partial charge in [0.2, 0.25) is 0 Å². The lowest BCUT2D eigenvalue weighted by Gasteiger charge is -2.12. The van der Waals surface area contributed by atoms with E-state index in [1.165, 1.54) is 12.1 Å². The lowest BCUT2D eigenvalue weighted by Crippen LogP contribution is -2.05. The third-order valence-electron chi connectivity index (χ3n) is 2.15. The molecule has 4 nitrogen and oxygen atoms in total. The Balaban J connectivity index is 2.84. The Hall–Kier alpha value is -1.85. The molecular weight excluding hydrogens is 246 g/mol. The summed E-state index contributed by atoms with van der Waals surface area (Å²) in [6.07, 6.45) is 0.283. The number of hydrogen-bond acceptors (Lipinski definition) is 3. The maximum atomic E-state index is 12.1. The van der Waals surface area contributed by atoms with Crippen molar-refractivity contribution >= 4 is 5.97 Å². The number of ether oxygens (including phenoxy) is 2. The molecule has 0 aliphatic heterocycles. The quantitative estimate of drug-likeness (QED) is 0.819. The van der Waals surface area contributed by atoms with Crippen LogP contribution in [0.25, 0.3) is 0 Å². The van der Waals surface area contributed by atoms with Gasteiger partial charge < -0.3 is 14.6 Å². The summed E-state index contributed by atoms with van der Waals surface area (Å²) >= 11 is 0. The Morgan fingerprint density at radius 3 is 2.67 bits per heavy atom. The highest BCUT2D eigenvalue weighted by atomic mass is 19.3. The third kappa shape index (κ3) is 4.57. The first-order valence-electron chi connectivity index (χ1n) is 5.45. The summed E-state index contributed by atoms with van der Waals surface area (Å²) in [6.45, 7) is -0.896. The van der Waals surface area contributed by atoms with E-state index in [2.05, 4.69) is 4.74 Å². The van der Waals surface area contributed by atoms with E-state index in [-0.39, 0.29) is 17.9 Å². The van der Waals surface area contributed by atoms with E-state index in [1.807, 2.05) is 0 Å². The lowest BCUT2D eigenvalue weighted by molar-refractivity contribution is -0.136. The summed E-state index contributed by atoms with van der Waals surface area (Å²) in [6, 6.07) is 4.42. The first-order chi connectivity index (χ1) is 8.52. The predicted octanol–water partition coefficient (Wildman–Crippen LogP) is 2.70. The molecule has 0 aliphatic rings. The van der Waals surface area contributed by atoms with Crippen LogP contribution in [0.3, 0.4) is 0 Å². The van der Waals surface area contributed by atoms with Gasteiger partial charge in [-0.3, -0.25) is 4.79 Å². The summed E-state index contributed by atoms with van der Waals surface area (Å²) in [4.78, 5) is 10.4. The minimum atomic E-state index is -2.92. The normalized spacial score (nSPS) is 10.4. The molecule has 1 aromatic carbocycles. The van der Waals surface area contributed by atoms with Gasteiger partial charge in [-0.15, -0.1) is 0 Å². The number of halogens is 2. The van der Waals surface area contributed by atoms with Crippen LogP contribution >= 0.6 is 0 Å². The molecule has 1 N–H and O–H groups in total. The van der Waals surface area contributed by atoms with Crippen LogP contribution < -0.4 is 9.47 Å². The summed E-state index contributed by atoms with van der Waals surface area (Å²) in [5.41, 5.74) is 0.697. The van der Waals surface area contributed by atoms with E-state index in [4.69, 9.17) is 9.84 Å². The average Bonchev–Trinajstić information content (AvgIpc) is 2.29. The second-order valence-corrected chi connectivity index (χ2v) is 3.49. The minimum Gasteiger partial charge on any atom is -0.490 e. The van der Waals surface area contributed by atoms with Gasteiger partial charge in [0, 0.05) is 6.42 Å². The Bertz CT molecular complexity index is 407. The number of hydrogen-bond donors (Lipinski definition) is 1. The molecule has 0 saturated carbocycles. The Kier molecular flexibility index (Phi) is 5.35. The van der Waals surface area contributed by atoms with Crippen molar-refractivity contribution in [1.82, 2.24) is 0 Å². The van der Waals surface area contributed by atoms with Crippen molar-refractivity contribution in [3.63, 3.8) is 0 Å². The van der Waals surface area contributed by atoms with Crippen molar-refractivity contribution in [3.05, 3.63) is 23.8 Å². The maximum absolute atomic E-state index is 12.1. The van der Waals surface area contributed by atoms with Crippen molar-refractivity contribution in [2.45, 2.75) is 26.4 Å². The van der Waals surface area contributed by atoms with Gasteiger partial charge in [0.05, 0.1) is 6.61 Å². The molecule has 0 aliphatic carbocycles. The van der Waals surface area contributed by atoms with E-state index in [1.54, 1.807) is 13.0 Å². The van der Waals surface area contributed by atoms with E-state index in [0.29, 0.717) is 18.6 Å². The molecule has 0 saturated heterocycles. The van der Waals surface area contributed by atoms with Crippen LogP contribution in [0.4, 0.5) is 8.78 Å². The van der Waals surface area contributed by atoms with Crippen molar-refractivity contribution < 1.29 is 28.2 Å². The number of aliphatic carboxylic acids is 1. The van der Waals surface area contributed by atoms with E-state index in [9.17, 15) is 13.6 Å². The highest BCUT2D eigenvalue weighted by Crippen LogP contribution is 2.30. The molecule has 100 valence electrons. The van der Waals surface area contributed by atoms with Crippen LogP contribution in [-0.2, 0) is 11.2 Å². The van der Waals surface area contributed by atoms with Crippen molar-refractivity contribution in [2.75, 3.05) is 6.61 Å². The van der Waals surface area contributed by atoms with Crippen LogP contribution in [0.15, 0.2) is 18.2 Å². The van der Waals surface area contributed by atoms with Crippen LogP contribution in [0.2, 0.25) is 0 Å². The monoisotopic (exact) mass is 260 g/mol. The third-order valence-corrected chi connectivity index (χ3v) is 2.15. The maximum Gasteiger partial charge on any atom is 0.387 e. The molecule has 0 bridgehead atoms. The molecule has 1 aromatic rings. The van der Waals surface area contributed by atoms with Gasteiger partial charge in [-0.25, -0.2) is 0 Å². The van der Waals surface area contributed by atoms with Gasteiger partial charge in [-0.05, 0) is 31.0 Å². The molecular formula is C12H14F2O4. The zero-order valence-corrected chi connectivity index (χ0v) is 9.86. The minimum absolute atomic E-state index is 0.0272. The van der Waals surface area contributed by atoms with Gasteiger partial charge in [0.25, 0.3) is 0 Å². The number of carboxylic acids is 1. The largest absolute Gasteiger partial charge is 0.490 e. The second-order valence-electron chi connectivity index (χ2n) is 3.49.